The van der Waals surface area contributed by atoms with Gasteiger partial charge in [-0.1, -0.05) is 65.5 Å². The lowest BCUT2D eigenvalue weighted by molar-refractivity contribution is -0.0573. The summed E-state index contributed by atoms with van der Waals surface area (Å²) in [6, 6.07) is 0. The normalized spacial score (nSPS) is 46.5. The molecule has 4 rings (SSSR count). The lowest BCUT2D eigenvalue weighted by Crippen LogP contribution is -2.50. The summed E-state index contributed by atoms with van der Waals surface area (Å²) >= 11 is 0. The van der Waals surface area contributed by atoms with Gasteiger partial charge in [-0.3, -0.25) is 0 Å². The van der Waals surface area contributed by atoms with Gasteiger partial charge in [-0.15, -0.1) is 0 Å². The Morgan fingerprint density at radius 1 is 1.00 bits per heavy atom. The van der Waals surface area contributed by atoms with E-state index in [1.807, 2.05) is 0 Å². The maximum Gasteiger partial charge on any atom is 0.0577 e. The van der Waals surface area contributed by atoms with Crippen molar-refractivity contribution in [3.8, 4) is 0 Å². The molecule has 0 aromatic rings. The van der Waals surface area contributed by atoms with Crippen LogP contribution in [0.1, 0.15) is 105 Å². The predicted octanol–water partition coefficient (Wildman–Crippen LogP) is 7.39. The molecule has 1 heteroatoms. The van der Waals surface area contributed by atoms with Crippen molar-refractivity contribution in [3.05, 3.63) is 11.6 Å². The molecule has 0 aromatic carbocycles. The quantitative estimate of drug-likeness (QED) is 0.488. The second-order valence-corrected chi connectivity index (χ2v) is 12.2. The van der Waals surface area contributed by atoms with E-state index in [4.69, 9.17) is 0 Å². The van der Waals surface area contributed by atoms with Gasteiger partial charge in [0.2, 0.25) is 0 Å². The second-order valence-electron chi connectivity index (χ2n) is 12.2. The van der Waals surface area contributed by atoms with E-state index < -0.39 is 0 Å². The first kappa shape index (κ1) is 21.0. The topological polar surface area (TPSA) is 20.2 Å². The fourth-order valence-electron chi connectivity index (χ4n) is 8.67. The van der Waals surface area contributed by atoms with Gasteiger partial charge in [0.05, 0.1) is 6.10 Å². The Labute approximate surface area is 174 Å². The Morgan fingerprint density at radius 3 is 2.54 bits per heavy atom. The molecule has 1 nitrogen and oxygen atoms in total. The molecule has 0 unspecified atom stereocenters. The van der Waals surface area contributed by atoms with Crippen LogP contribution in [-0.4, -0.2) is 11.2 Å². The number of allylic oxidation sites excluding steroid dienone is 1. The predicted molar refractivity (Wildman–Crippen MR) is 119 cm³/mol. The molecule has 3 saturated carbocycles. The molecule has 0 saturated heterocycles. The number of fused-ring (bicyclic) bond motifs is 5. The van der Waals surface area contributed by atoms with Gasteiger partial charge in [-0.25, -0.2) is 0 Å². The summed E-state index contributed by atoms with van der Waals surface area (Å²) in [7, 11) is 0. The standard InChI is InChI=1S/C27H46O/c1-18(2)7-6-8-19(3)23-11-12-24-22-10-9-20-17-21(28)13-15-26(20,4)25(22)14-16-27(23,24)5/h9,18-19,21-25,28H,6-8,10-17H2,1-5H3/t19-,21+,22+,23-,24+,25-,26+,27-/m1/s1. The number of hydrogen-bond donors (Lipinski definition) is 1. The minimum Gasteiger partial charge on any atom is -0.393 e. The molecule has 8 atom stereocenters. The lowest BCUT2D eigenvalue weighted by Gasteiger charge is -2.58. The van der Waals surface area contributed by atoms with E-state index >= 15 is 0 Å². The summed E-state index contributed by atoms with van der Waals surface area (Å²) in [5, 5.41) is 10.2. The third-order valence-corrected chi connectivity index (χ3v) is 10.3. The fraction of sp³-hybridized carbons (Fsp3) is 0.926. The van der Waals surface area contributed by atoms with Gasteiger partial charge in [-0.2, -0.15) is 0 Å². The van der Waals surface area contributed by atoms with Crippen LogP contribution in [-0.2, 0) is 0 Å². The number of rotatable bonds is 5. The van der Waals surface area contributed by atoms with Gasteiger partial charge < -0.3 is 5.11 Å². The molecular weight excluding hydrogens is 340 g/mol. The maximum absolute atomic E-state index is 10.2. The maximum atomic E-state index is 10.2. The van der Waals surface area contributed by atoms with E-state index in [1.54, 1.807) is 5.57 Å². The monoisotopic (exact) mass is 386 g/mol. The second kappa shape index (κ2) is 7.75. The minimum absolute atomic E-state index is 0.0766. The van der Waals surface area contributed by atoms with Crippen molar-refractivity contribution in [2.24, 2.45) is 46.3 Å². The molecule has 3 fully saturated rings. The number of aliphatic hydroxyl groups excluding tert-OH is 1. The third-order valence-electron chi connectivity index (χ3n) is 10.3. The summed E-state index contributed by atoms with van der Waals surface area (Å²) in [6.07, 6.45) is 17.2. The van der Waals surface area contributed by atoms with E-state index in [1.165, 1.54) is 57.8 Å². The number of hydrogen-bond acceptors (Lipinski definition) is 1. The van der Waals surface area contributed by atoms with Crippen LogP contribution < -0.4 is 0 Å². The van der Waals surface area contributed by atoms with E-state index in [9.17, 15) is 5.11 Å². The lowest BCUT2D eigenvalue weighted by atomic mass is 9.47. The molecular formula is C27H46O. The summed E-state index contributed by atoms with van der Waals surface area (Å²) in [5.41, 5.74) is 2.60. The fourth-order valence-corrected chi connectivity index (χ4v) is 8.67. The van der Waals surface area contributed by atoms with Crippen LogP contribution in [0.2, 0.25) is 0 Å². The highest BCUT2D eigenvalue weighted by Crippen LogP contribution is 2.67. The molecule has 1 N–H and O–H groups in total. The van der Waals surface area contributed by atoms with Crippen LogP contribution in [0.4, 0.5) is 0 Å². The van der Waals surface area contributed by atoms with E-state index in [0.717, 1.165) is 48.3 Å². The zero-order valence-electron chi connectivity index (χ0n) is 19.3. The summed E-state index contributed by atoms with van der Waals surface area (Å²) in [4.78, 5) is 0. The zero-order chi connectivity index (χ0) is 20.1. The molecule has 0 heterocycles. The van der Waals surface area contributed by atoms with Gasteiger partial charge in [-0.05, 0) is 97.7 Å². The van der Waals surface area contributed by atoms with Crippen LogP contribution in [0.25, 0.3) is 0 Å². The zero-order valence-corrected chi connectivity index (χ0v) is 19.3. The smallest absolute Gasteiger partial charge is 0.0577 e. The van der Waals surface area contributed by atoms with Crippen LogP contribution in [0, 0.1) is 46.3 Å². The average molecular weight is 387 g/mol. The van der Waals surface area contributed by atoms with Crippen LogP contribution in [0.3, 0.4) is 0 Å². The van der Waals surface area contributed by atoms with Crippen molar-refractivity contribution in [2.45, 2.75) is 111 Å². The summed E-state index contributed by atoms with van der Waals surface area (Å²) in [5.74, 6) is 5.46. The highest BCUT2D eigenvalue weighted by Gasteiger charge is 2.59. The molecule has 0 bridgehead atoms. The molecule has 0 amide bonds. The Balaban J connectivity index is 1.49. The number of aliphatic hydroxyl groups is 1. The molecule has 4 aliphatic rings. The van der Waals surface area contributed by atoms with Crippen molar-refractivity contribution in [1.29, 1.82) is 0 Å². The largest absolute Gasteiger partial charge is 0.393 e. The Morgan fingerprint density at radius 2 is 1.79 bits per heavy atom. The van der Waals surface area contributed by atoms with Gasteiger partial charge in [0.1, 0.15) is 0 Å². The molecule has 0 aliphatic heterocycles. The first-order valence-electron chi connectivity index (χ1n) is 12.6. The summed E-state index contributed by atoms with van der Waals surface area (Å²) < 4.78 is 0. The van der Waals surface area contributed by atoms with Crippen molar-refractivity contribution in [3.63, 3.8) is 0 Å². The molecule has 0 radical (unpaired) electrons. The van der Waals surface area contributed by atoms with Gasteiger partial charge in [0.15, 0.2) is 0 Å². The first-order chi connectivity index (χ1) is 13.3. The third kappa shape index (κ3) is 3.42. The first-order valence-corrected chi connectivity index (χ1v) is 12.6. The van der Waals surface area contributed by atoms with Gasteiger partial charge >= 0.3 is 0 Å². The highest BCUT2D eigenvalue weighted by atomic mass is 16.3. The van der Waals surface area contributed by atoms with Crippen molar-refractivity contribution in [1.82, 2.24) is 0 Å². The molecule has 160 valence electrons. The molecule has 28 heavy (non-hydrogen) atoms. The van der Waals surface area contributed by atoms with E-state index in [-0.39, 0.29) is 6.10 Å². The van der Waals surface area contributed by atoms with Crippen molar-refractivity contribution < 1.29 is 5.11 Å². The molecule has 0 aromatic heterocycles. The van der Waals surface area contributed by atoms with Crippen LogP contribution in [0.15, 0.2) is 11.6 Å². The van der Waals surface area contributed by atoms with E-state index in [0.29, 0.717) is 10.8 Å². The SMILES string of the molecule is CC(C)CCC[C@@H](C)[C@H]1CC[C@H]2[C@@H]3CC=C4C[C@@H](O)CC[C@]4(C)[C@@H]3CC[C@]12C. The van der Waals surface area contributed by atoms with Crippen LogP contribution in [0.5, 0.6) is 0 Å². The Kier molecular flexibility index (Phi) is 5.80. The Bertz CT molecular complexity index is 591. The molecule has 0 spiro atoms. The minimum atomic E-state index is -0.0766. The Hall–Kier alpha value is -0.300. The van der Waals surface area contributed by atoms with Crippen molar-refractivity contribution in [2.75, 3.05) is 0 Å². The average Bonchev–Trinajstić information content (AvgIpc) is 2.99. The highest BCUT2D eigenvalue weighted by molar-refractivity contribution is 5.25. The molecule has 4 aliphatic carbocycles. The summed E-state index contributed by atoms with van der Waals surface area (Å²) in [6.45, 7) is 12.6. The van der Waals surface area contributed by atoms with Crippen molar-refractivity contribution >= 4 is 0 Å². The van der Waals surface area contributed by atoms with E-state index in [2.05, 4.69) is 40.7 Å². The van der Waals surface area contributed by atoms with Gasteiger partial charge in [0, 0.05) is 0 Å². The van der Waals surface area contributed by atoms with Gasteiger partial charge in [0.25, 0.3) is 0 Å². The van der Waals surface area contributed by atoms with Crippen LogP contribution >= 0.6 is 0 Å².